The van der Waals surface area contributed by atoms with E-state index in [1.54, 1.807) is 12.5 Å². The third-order valence-corrected chi connectivity index (χ3v) is 3.05. The van der Waals surface area contributed by atoms with Crippen molar-refractivity contribution in [2.75, 3.05) is 18.0 Å². The molecule has 0 radical (unpaired) electrons. The average Bonchev–Trinajstić information content (AvgIpc) is 2.78. The predicted octanol–water partition coefficient (Wildman–Crippen LogP) is 0.0518. The largest absolute Gasteiger partial charge is 0.357 e. The lowest BCUT2D eigenvalue weighted by Gasteiger charge is -2.31. The van der Waals surface area contributed by atoms with Crippen LogP contribution in [0.15, 0.2) is 18.6 Å². The highest BCUT2D eigenvalue weighted by molar-refractivity contribution is 5.46. The molecule has 2 aromatic heterocycles. The van der Waals surface area contributed by atoms with Gasteiger partial charge in [-0.15, -0.1) is 10.2 Å². The molecule has 0 spiro atoms. The molecule has 1 fully saturated rings. The fraction of sp³-hybridized carbons (Fsp3) is 0.500. The molecular formula is C10H14N6. The second kappa shape index (κ2) is 3.71. The molecule has 2 N–H and O–H groups in total. The van der Waals surface area contributed by atoms with Crippen LogP contribution in [0.2, 0.25) is 0 Å². The van der Waals surface area contributed by atoms with Crippen molar-refractivity contribution >= 4 is 11.6 Å². The Labute approximate surface area is 93.1 Å². The van der Waals surface area contributed by atoms with Crippen LogP contribution in [0, 0.1) is 0 Å². The van der Waals surface area contributed by atoms with Gasteiger partial charge in [-0.1, -0.05) is 0 Å². The van der Waals surface area contributed by atoms with Gasteiger partial charge in [0.25, 0.3) is 5.78 Å². The number of hydrogen-bond acceptors (Lipinski definition) is 5. The van der Waals surface area contributed by atoms with E-state index in [0.717, 1.165) is 31.7 Å². The Bertz CT molecular complexity index is 485. The van der Waals surface area contributed by atoms with Crippen LogP contribution in [0.1, 0.15) is 12.8 Å². The van der Waals surface area contributed by atoms with Gasteiger partial charge in [-0.05, 0) is 18.9 Å². The lowest BCUT2D eigenvalue weighted by molar-refractivity contribution is 0.497. The topological polar surface area (TPSA) is 72.3 Å². The Kier molecular flexibility index (Phi) is 2.21. The van der Waals surface area contributed by atoms with Gasteiger partial charge in [0.05, 0.1) is 0 Å². The summed E-state index contributed by atoms with van der Waals surface area (Å²) >= 11 is 0. The third kappa shape index (κ3) is 1.51. The maximum atomic E-state index is 5.90. The maximum Gasteiger partial charge on any atom is 0.256 e. The van der Waals surface area contributed by atoms with E-state index in [0.29, 0.717) is 11.8 Å². The van der Waals surface area contributed by atoms with Crippen molar-refractivity contribution < 1.29 is 0 Å². The Balaban J connectivity index is 1.96. The molecular weight excluding hydrogens is 204 g/mol. The maximum absolute atomic E-state index is 5.90. The van der Waals surface area contributed by atoms with Crippen LogP contribution in [-0.2, 0) is 0 Å². The van der Waals surface area contributed by atoms with Crippen LogP contribution >= 0.6 is 0 Å². The van der Waals surface area contributed by atoms with Crippen molar-refractivity contribution in [1.82, 2.24) is 19.6 Å². The van der Waals surface area contributed by atoms with Gasteiger partial charge < -0.3 is 10.6 Å². The minimum Gasteiger partial charge on any atom is -0.357 e. The number of hydrogen-bond donors (Lipinski definition) is 1. The smallest absolute Gasteiger partial charge is 0.256 e. The molecule has 0 saturated carbocycles. The second-order valence-electron chi connectivity index (χ2n) is 4.13. The van der Waals surface area contributed by atoms with Crippen molar-refractivity contribution in [3.8, 4) is 0 Å². The predicted molar refractivity (Wildman–Crippen MR) is 60.2 cm³/mol. The first kappa shape index (κ1) is 9.53. The normalized spacial score (nSPS) is 18.2. The molecule has 6 heteroatoms. The first-order chi connectivity index (χ1) is 7.84. The van der Waals surface area contributed by atoms with Crippen molar-refractivity contribution in [3.05, 3.63) is 18.6 Å². The van der Waals surface area contributed by atoms with Gasteiger partial charge in [-0.3, -0.25) is 4.40 Å². The first-order valence-corrected chi connectivity index (χ1v) is 5.50. The van der Waals surface area contributed by atoms with Gasteiger partial charge in [0.2, 0.25) is 0 Å². The molecule has 3 rings (SSSR count). The fourth-order valence-electron chi connectivity index (χ4n) is 2.12. The van der Waals surface area contributed by atoms with Crippen LogP contribution in [0.5, 0.6) is 0 Å². The van der Waals surface area contributed by atoms with E-state index in [1.807, 2.05) is 10.5 Å². The third-order valence-electron chi connectivity index (χ3n) is 3.05. The summed E-state index contributed by atoms with van der Waals surface area (Å²) in [5.74, 6) is 1.74. The number of aromatic nitrogens is 4. The molecule has 0 bridgehead atoms. The zero-order chi connectivity index (χ0) is 11.0. The molecule has 84 valence electrons. The molecule has 0 aromatic carbocycles. The van der Waals surface area contributed by atoms with Crippen LogP contribution in [-0.4, -0.2) is 38.7 Å². The summed E-state index contributed by atoms with van der Waals surface area (Å²) in [6, 6.07) is 2.34. The Morgan fingerprint density at radius 3 is 2.94 bits per heavy atom. The Hall–Kier alpha value is -1.69. The summed E-state index contributed by atoms with van der Waals surface area (Å²) < 4.78 is 1.91. The highest BCUT2D eigenvalue weighted by atomic mass is 15.3. The molecule has 0 atom stereocenters. The lowest BCUT2D eigenvalue weighted by atomic mass is 10.1. The first-order valence-electron chi connectivity index (χ1n) is 5.50. The molecule has 6 nitrogen and oxygen atoms in total. The van der Waals surface area contributed by atoms with Gasteiger partial charge in [0.15, 0.2) is 0 Å². The SMILES string of the molecule is NC1CCN(c2ccnc3nncn23)CC1. The quantitative estimate of drug-likeness (QED) is 0.732. The molecule has 1 saturated heterocycles. The van der Waals surface area contributed by atoms with Crippen LogP contribution in [0.25, 0.3) is 5.78 Å². The van der Waals surface area contributed by atoms with E-state index < -0.39 is 0 Å². The van der Waals surface area contributed by atoms with E-state index in [4.69, 9.17) is 5.73 Å². The van der Waals surface area contributed by atoms with Gasteiger partial charge in [-0.25, -0.2) is 4.98 Å². The van der Waals surface area contributed by atoms with E-state index in [-0.39, 0.29) is 0 Å². The summed E-state index contributed by atoms with van der Waals surface area (Å²) in [4.78, 5) is 6.46. The molecule has 0 amide bonds. The van der Waals surface area contributed by atoms with Crippen molar-refractivity contribution in [3.63, 3.8) is 0 Å². The van der Waals surface area contributed by atoms with E-state index in [9.17, 15) is 0 Å². The van der Waals surface area contributed by atoms with E-state index in [1.165, 1.54) is 0 Å². The van der Waals surface area contributed by atoms with Crippen molar-refractivity contribution in [1.29, 1.82) is 0 Å². The Morgan fingerprint density at radius 2 is 2.12 bits per heavy atom. The fourth-order valence-corrected chi connectivity index (χ4v) is 2.12. The molecule has 2 aromatic rings. The minimum atomic E-state index is 0.342. The number of anilines is 1. The van der Waals surface area contributed by atoms with Crippen LogP contribution in [0.3, 0.4) is 0 Å². The number of nitrogens with two attached hydrogens (primary N) is 1. The number of piperidine rings is 1. The Morgan fingerprint density at radius 1 is 1.31 bits per heavy atom. The molecule has 3 heterocycles. The van der Waals surface area contributed by atoms with E-state index in [2.05, 4.69) is 20.1 Å². The summed E-state index contributed by atoms with van der Waals surface area (Å²) in [7, 11) is 0. The van der Waals surface area contributed by atoms with Crippen molar-refractivity contribution in [2.45, 2.75) is 18.9 Å². The summed E-state index contributed by atoms with van der Waals surface area (Å²) in [6.45, 7) is 1.97. The molecule has 1 aliphatic heterocycles. The molecule has 16 heavy (non-hydrogen) atoms. The summed E-state index contributed by atoms with van der Waals surface area (Å²) in [5.41, 5.74) is 5.90. The monoisotopic (exact) mass is 218 g/mol. The van der Waals surface area contributed by atoms with Gasteiger partial charge in [0.1, 0.15) is 12.1 Å². The lowest BCUT2D eigenvalue weighted by Crippen LogP contribution is -2.40. The number of fused-ring (bicyclic) bond motifs is 1. The molecule has 1 aliphatic rings. The zero-order valence-corrected chi connectivity index (χ0v) is 8.95. The number of nitrogens with zero attached hydrogens (tertiary/aromatic N) is 5. The zero-order valence-electron chi connectivity index (χ0n) is 8.95. The number of rotatable bonds is 1. The highest BCUT2D eigenvalue weighted by Crippen LogP contribution is 2.18. The van der Waals surface area contributed by atoms with Gasteiger partial charge in [-0.2, -0.15) is 0 Å². The summed E-state index contributed by atoms with van der Waals surface area (Å²) in [6.07, 6.45) is 5.54. The van der Waals surface area contributed by atoms with Crippen LogP contribution in [0.4, 0.5) is 5.82 Å². The molecule has 0 aliphatic carbocycles. The second-order valence-corrected chi connectivity index (χ2v) is 4.13. The van der Waals surface area contributed by atoms with Gasteiger partial charge >= 0.3 is 0 Å². The highest BCUT2D eigenvalue weighted by Gasteiger charge is 2.18. The molecule has 0 unspecified atom stereocenters. The van der Waals surface area contributed by atoms with E-state index >= 15 is 0 Å². The van der Waals surface area contributed by atoms with Crippen molar-refractivity contribution in [2.24, 2.45) is 5.73 Å². The summed E-state index contributed by atoms with van der Waals surface area (Å²) in [5, 5.41) is 7.81. The van der Waals surface area contributed by atoms with Crippen LogP contribution < -0.4 is 10.6 Å². The van der Waals surface area contributed by atoms with Gasteiger partial charge in [0, 0.05) is 25.3 Å². The standard InChI is InChI=1S/C10H14N6/c11-8-2-5-15(6-3-8)9-1-4-12-10-14-13-7-16(9)10/h1,4,7-8H,2-3,5-6,11H2. The average molecular weight is 218 g/mol. The minimum absolute atomic E-state index is 0.342.